The fourth-order valence-corrected chi connectivity index (χ4v) is 3.07. The van der Waals surface area contributed by atoms with Crippen molar-refractivity contribution in [2.24, 2.45) is 5.73 Å². The van der Waals surface area contributed by atoms with Gasteiger partial charge in [-0.3, -0.25) is 4.90 Å². The van der Waals surface area contributed by atoms with Crippen LogP contribution in [-0.4, -0.2) is 37.7 Å². The first-order valence-electron chi connectivity index (χ1n) is 7.07. The standard InChI is InChI=1S/C15H22ClFN2O/c1-20-9-8-19-7-3-2-4-14(18)15(19)11-5-6-13(17)12(16)10-11/h5-6,10,14-15H,2-4,7-9,18H2,1H3. The van der Waals surface area contributed by atoms with Gasteiger partial charge >= 0.3 is 0 Å². The summed E-state index contributed by atoms with van der Waals surface area (Å²) in [6.45, 7) is 2.47. The Kier molecular flexibility index (Phi) is 5.78. The number of hydrogen-bond acceptors (Lipinski definition) is 3. The number of rotatable bonds is 4. The Morgan fingerprint density at radius 3 is 2.95 bits per heavy atom. The van der Waals surface area contributed by atoms with E-state index in [0.29, 0.717) is 6.61 Å². The quantitative estimate of drug-likeness (QED) is 0.929. The van der Waals surface area contributed by atoms with Crippen molar-refractivity contribution in [1.29, 1.82) is 0 Å². The summed E-state index contributed by atoms with van der Waals surface area (Å²) >= 11 is 5.91. The fourth-order valence-electron chi connectivity index (χ4n) is 2.88. The molecule has 1 saturated heterocycles. The van der Waals surface area contributed by atoms with E-state index in [0.717, 1.165) is 37.9 Å². The van der Waals surface area contributed by atoms with Gasteiger partial charge in [0.25, 0.3) is 0 Å². The van der Waals surface area contributed by atoms with E-state index in [1.807, 2.05) is 0 Å². The summed E-state index contributed by atoms with van der Waals surface area (Å²) in [6.07, 6.45) is 3.22. The number of methoxy groups -OCH3 is 1. The Labute approximate surface area is 124 Å². The molecule has 0 radical (unpaired) electrons. The van der Waals surface area contributed by atoms with Crippen molar-refractivity contribution in [3.05, 3.63) is 34.6 Å². The minimum atomic E-state index is -0.388. The lowest BCUT2D eigenvalue weighted by atomic mass is 9.96. The molecule has 1 aromatic carbocycles. The van der Waals surface area contributed by atoms with Gasteiger partial charge in [0.05, 0.1) is 17.7 Å². The molecule has 1 aliphatic rings. The molecular formula is C15H22ClFN2O. The second-order valence-electron chi connectivity index (χ2n) is 5.31. The molecule has 1 heterocycles. The number of likely N-dealkylation sites (tertiary alicyclic amines) is 1. The highest BCUT2D eigenvalue weighted by Crippen LogP contribution is 2.31. The minimum Gasteiger partial charge on any atom is -0.383 e. The maximum Gasteiger partial charge on any atom is 0.141 e. The lowest BCUT2D eigenvalue weighted by molar-refractivity contribution is 0.115. The highest BCUT2D eigenvalue weighted by Gasteiger charge is 2.28. The Hall–Kier alpha value is -0.680. The van der Waals surface area contributed by atoms with Crippen LogP contribution in [0.4, 0.5) is 4.39 Å². The molecule has 112 valence electrons. The third kappa shape index (κ3) is 3.70. The molecule has 2 atom stereocenters. The predicted molar refractivity (Wildman–Crippen MR) is 79.4 cm³/mol. The van der Waals surface area contributed by atoms with Gasteiger partial charge in [-0.1, -0.05) is 24.1 Å². The number of hydrogen-bond donors (Lipinski definition) is 1. The Balaban J connectivity index is 2.26. The van der Waals surface area contributed by atoms with Gasteiger partial charge in [-0.25, -0.2) is 4.39 Å². The first-order valence-corrected chi connectivity index (χ1v) is 7.45. The molecule has 0 aliphatic carbocycles. The van der Waals surface area contributed by atoms with Gasteiger partial charge < -0.3 is 10.5 Å². The molecule has 0 spiro atoms. The lowest BCUT2D eigenvalue weighted by Gasteiger charge is -2.33. The summed E-state index contributed by atoms with van der Waals surface area (Å²) in [5.74, 6) is -0.388. The first kappa shape index (κ1) is 15.7. The topological polar surface area (TPSA) is 38.5 Å². The molecule has 2 unspecified atom stereocenters. The monoisotopic (exact) mass is 300 g/mol. The summed E-state index contributed by atoms with van der Waals surface area (Å²) in [5.41, 5.74) is 7.33. The maximum absolute atomic E-state index is 13.3. The van der Waals surface area contributed by atoms with Crippen LogP contribution in [0.5, 0.6) is 0 Å². The van der Waals surface area contributed by atoms with Gasteiger partial charge in [0.2, 0.25) is 0 Å². The average Bonchev–Trinajstić information content (AvgIpc) is 2.61. The van der Waals surface area contributed by atoms with Gasteiger partial charge in [0.1, 0.15) is 5.82 Å². The normalized spacial score (nSPS) is 24.6. The number of nitrogens with two attached hydrogens (primary N) is 1. The smallest absolute Gasteiger partial charge is 0.141 e. The highest BCUT2D eigenvalue weighted by atomic mass is 35.5. The predicted octanol–water partition coefficient (Wildman–Crippen LogP) is 2.98. The molecule has 5 heteroatoms. The van der Waals surface area contributed by atoms with Crippen molar-refractivity contribution in [2.75, 3.05) is 26.8 Å². The third-order valence-electron chi connectivity index (χ3n) is 3.90. The summed E-state index contributed by atoms with van der Waals surface area (Å²) in [6, 6.07) is 5.02. The van der Waals surface area contributed by atoms with Gasteiger partial charge in [0, 0.05) is 19.7 Å². The van der Waals surface area contributed by atoms with Crippen LogP contribution in [0, 0.1) is 5.82 Å². The van der Waals surface area contributed by atoms with E-state index >= 15 is 0 Å². The SMILES string of the molecule is COCCN1CCCCC(N)C1c1ccc(F)c(Cl)c1. The van der Waals surface area contributed by atoms with E-state index in [-0.39, 0.29) is 22.9 Å². The van der Waals surface area contributed by atoms with Crippen LogP contribution < -0.4 is 5.73 Å². The second kappa shape index (κ2) is 7.36. The molecule has 2 N–H and O–H groups in total. The molecule has 1 aromatic rings. The Bertz CT molecular complexity index is 444. The molecule has 2 rings (SSSR count). The number of nitrogens with zero attached hydrogens (tertiary/aromatic N) is 1. The Morgan fingerprint density at radius 1 is 1.45 bits per heavy atom. The van der Waals surface area contributed by atoms with Crippen molar-refractivity contribution < 1.29 is 9.13 Å². The largest absolute Gasteiger partial charge is 0.383 e. The molecule has 20 heavy (non-hydrogen) atoms. The first-order chi connectivity index (χ1) is 9.63. The van der Waals surface area contributed by atoms with E-state index in [2.05, 4.69) is 4.90 Å². The van der Waals surface area contributed by atoms with Crippen LogP contribution >= 0.6 is 11.6 Å². The van der Waals surface area contributed by atoms with Crippen molar-refractivity contribution in [3.63, 3.8) is 0 Å². The van der Waals surface area contributed by atoms with Crippen molar-refractivity contribution >= 4 is 11.6 Å². The van der Waals surface area contributed by atoms with Gasteiger partial charge in [-0.05, 0) is 37.1 Å². The minimum absolute atomic E-state index is 0.0379. The molecular weight excluding hydrogens is 279 g/mol. The Morgan fingerprint density at radius 2 is 2.25 bits per heavy atom. The van der Waals surface area contributed by atoms with E-state index in [4.69, 9.17) is 22.1 Å². The van der Waals surface area contributed by atoms with E-state index in [9.17, 15) is 4.39 Å². The van der Waals surface area contributed by atoms with Crippen LogP contribution in [0.25, 0.3) is 0 Å². The van der Waals surface area contributed by atoms with Crippen molar-refractivity contribution in [2.45, 2.75) is 31.3 Å². The molecule has 1 fully saturated rings. The van der Waals surface area contributed by atoms with Gasteiger partial charge in [-0.15, -0.1) is 0 Å². The molecule has 0 amide bonds. The van der Waals surface area contributed by atoms with Gasteiger partial charge in [-0.2, -0.15) is 0 Å². The zero-order valence-corrected chi connectivity index (χ0v) is 12.6. The lowest BCUT2D eigenvalue weighted by Crippen LogP contribution is -2.41. The summed E-state index contributed by atoms with van der Waals surface area (Å²) in [7, 11) is 1.70. The van der Waals surface area contributed by atoms with E-state index in [1.165, 1.54) is 6.07 Å². The van der Waals surface area contributed by atoms with E-state index in [1.54, 1.807) is 19.2 Å². The molecule has 0 bridgehead atoms. The van der Waals surface area contributed by atoms with Gasteiger partial charge in [0.15, 0.2) is 0 Å². The van der Waals surface area contributed by atoms with Crippen molar-refractivity contribution in [1.82, 2.24) is 4.90 Å². The summed E-state index contributed by atoms with van der Waals surface area (Å²) in [4.78, 5) is 2.32. The summed E-state index contributed by atoms with van der Waals surface area (Å²) in [5, 5.41) is 0.158. The molecule has 0 saturated carbocycles. The zero-order valence-electron chi connectivity index (χ0n) is 11.8. The summed E-state index contributed by atoms with van der Waals surface area (Å²) < 4.78 is 18.5. The van der Waals surface area contributed by atoms with Crippen molar-refractivity contribution in [3.8, 4) is 0 Å². The van der Waals surface area contributed by atoms with Crippen LogP contribution in [0.1, 0.15) is 30.9 Å². The zero-order chi connectivity index (χ0) is 14.5. The number of ether oxygens (including phenoxy) is 1. The van der Waals surface area contributed by atoms with Crippen LogP contribution in [0.15, 0.2) is 18.2 Å². The number of benzene rings is 1. The fraction of sp³-hybridized carbons (Fsp3) is 0.600. The molecule has 0 aromatic heterocycles. The molecule has 1 aliphatic heterocycles. The highest BCUT2D eigenvalue weighted by molar-refractivity contribution is 6.30. The molecule has 3 nitrogen and oxygen atoms in total. The van der Waals surface area contributed by atoms with Crippen LogP contribution in [-0.2, 0) is 4.74 Å². The van der Waals surface area contributed by atoms with E-state index < -0.39 is 0 Å². The van der Waals surface area contributed by atoms with Crippen LogP contribution in [0.3, 0.4) is 0 Å². The third-order valence-corrected chi connectivity index (χ3v) is 4.19. The maximum atomic E-state index is 13.3. The average molecular weight is 301 g/mol. The second-order valence-corrected chi connectivity index (χ2v) is 5.71. The van der Waals surface area contributed by atoms with Crippen LogP contribution in [0.2, 0.25) is 5.02 Å². The number of halogens is 2.